The maximum absolute atomic E-state index is 11.3. The number of carbonyl (C=O) groups excluding carboxylic acids is 1. The number of rotatable bonds is 7. The molecule has 0 aliphatic heterocycles. The molecule has 0 unspecified atom stereocenters. The third-order valence-electron chi connectivity index (χ3n) is 2.60. The molecule has 0 fully saturated rings. The van der Waals surface area contributed by atoms with Gasteiger partial charge in [0.15, 0.2) is 5.82 Å². The van der Waals surface area contributed by atoms with E-state index in [-0.39, 0.29) is 12.5 Å². The Balaban J connectivity index is 1.80. The molecule has 0 saturated carbocycles. The topological polar surface area (TPSA) is 77.2 Å². The molecule has 6 heteroatoms. The third kappa shape index (κ3) is 4.17. The number of nitrogens with zero attached hydrogens (tertiary/aromatic N) is 2. The summed E-state index contributed by atoms with van der Waals surface area (Å²) in [7, 11) is 0. The lowest BCUT2D eigenvalue weighted by atomic mass is 10.2. The summed E-state index contributed by atoms with van der Waals surface area (Å²) in [5, 5.41) is 6.61. The molecule has 1 aromatic carbocycles. The smallest absolute Gasteiger partial charge is 0.257 e. The zero-order valence-electron chi connectivity index (χ0n) is 11.3. The molecule has 0 radical (unpaired) electrons. The zero-order valence-corrected chi connectivity index (χ0v) is 11.3. The van der Waals surface area contributed by atoms with Crippen molar-refractivity contribution < 1.29 is 14.1 Å². The molecule has 106 valence electrons. The van der Waals surface area contributed by atoms with Crippen molar-refractivity contribution in [1.82, 2.24) is 15.5 Å². The summed E-state index contributed by atoms with van der Waals surface area (Å²) in [6.45, 7) is 2.91. The number of hydrogen-bond donors (Lipinski definition) is 1. The molecular formula is C14H17N3O3. The molecule has 1 heterocycles. The van der Waals surface area contributed by atoms with E-state index in [1.54, 1.807) is 0 Å². The van der Waals surface area contributed by atoms with E-state index in [9.17, 15) is 4.79 Å². The fraction of sp³-hybridized carbons (Fsp3) is 0.357. The number of benzene rings is 1. The summed E-state index contributed by atoms with van der Waals surface area (Å²) in [6.07, 6.45) is 0.522. The second-order valence-corrected chi connectivity index (χ2v) is 4.12. The first-order valence-electron chi connectivity index (χ1n) is 6.52. The molecule has 1 N–H and O–H groups in total. The van der Waals surface area contributed by atoms with Crippen LogP contribution in [0.1, 0.15) is 12.7 Å². The monoisotopic (exact) mass is 275 g/mol. The van der Waals surface area contributed by atoms with E-state index in [0.29, 0.717) is 31.3 Å². The summed E-state index contributed by atoms with van der Waals surface area (Å²) in [5.41, 5.74) is 0.881. The molecule has 0 aliphatic carbocycles. The van der Waals surface area contributed by atoms with Gasteiger partial charge in [0.05, 0.1) is 0 Å². The van der Waals surface area contributed by atoms with Crippen LogP contribution in [0, 0.1) is 0 Å². The minimum absolute atomic E-state index is 0.0814. The van der Waals surface area contributed by atoms with E-state index < -0.39 is 0 Å². The van der Waals surface area contributed by atoms with Crippen molar-refractivity contribution in [2.24, 2.45) is 0 Å². The predicted octanol–water partition coefficient (Wildman–Crippen LogP) is 1.43. The van der Waals surface area contributed by atoms with E-state index in [2.05, 4.69) is 15.5 Å². The van der Waals surface area contributed by atoms with E-state index in [4.69, 9.17) is 9.26 Å². The Hall–Kier alpha value is -2.21. The molecule has 1 aromatic heterocycles. The van der Waals surface area contributed by atoms with Gasteiger partial charge in [-0.25, -0.2) is 0 Å². The Kier molecular flexibility index (Phi) is 5.25. The van der Waals surface area contributed by atoms with Crippen LogP contribution in [0.3, 0.4) is 0 Å². The second-order valence-electron chi connectivity index (χ2n) is 4.12. The number of nitrogens with one attached hydrogen (secondary N) is 1. The average molecular weight is 275 g/mol. The summed E-state index contributed by atoms with van der Waals surface area (Å²) >= 11 is 0. The van der Waals surface area contributed by atoms with Gasteiger partial charge >= 0.3 is 0 Å². The van der Waals surface area contributed by atoms with Crippen LogP contribution in [0.5, 0.6) is 0 Å². The van der Waals surface area contributed by atoms with Gasteiger partial charge in [0.25, 0.3) is 5.89 Å². The van der Waals surface area contributed by atoms with Crippen LogP contribution in [-0.2, 0) is 16.0 Å². The standard InChI is InChI=1S/C14H17N3O3/c1-2-19-10-13(18)15-9-8-12-16-14(20-17-12)11-6-4-3-5-7-11/h3-7H,2,8-10H2,1H3,(H,15,18). The highest BCUT2D eigenvalue weighted by molar-refractivity contribution is 5.77. The Labute approximate surface area is 117 Å². The summed E-state index contributed by atoms with van der Waals surface area (Å²) < 4.78 is 10.2. The first kappa shape index (κ1) is 14.2. The van der Waals surface area contributed by atoms with Gasteiger partial charge < -0.3 is 14.6 Å². The number of hydrogen-bond acceptors (Lipinski definition) is 5. The van der Waals surface area contributed by atoms with Crippen molar-refractivity contribution in [2.45, 2.75) is 13.3 Å². The van der Waals surface area contributed by atoms with Gasteiger partial charge in [0.1, 0.15) is 6.61 Å². The average Bonchev–Trinajstić information content (AvgIpc) is 2.95. The maximum Gasteiger partial charge on any atom is 0.257 e. The number of ether oxygens (including phenoxy) is 1. The van der Waals surface area contributed by atoms with Gasteiger partial charge in [-0.1, -0.05) is 23.4 Å². The van der Waals surface area contributed by atoms with Crippen LogP contribution in [0.25, 0.3) is 11.5 Å². The lowest BCUT2D eigenvalue weighted by molar-refractivity contribution is -0.125. The van der Waals surface area contributed by atoms with Gasteiger partial charge in [-0.2, -0.15) is 4.98 Å². The van der Waals surface area contributed by atoms with Gasteiger partial charge in [-0.05, 0) is 19.1 Å². The van der Waals surface area contributed by atoms with E-state index in [1.165, 1.54) is 0 Å². The van der Waals surface area contributed by atoms with Gasteiger partial charge in [-0.15, -0.1) is 0 Å². The number of aromatic nitrogens is 2. The Bertz CT molecular complexity index is 540. The number of carbonyl (C=O) groups is 1. The highest BCUT2D eigenvalue weighted by Crippen LogP contribution is 2.15. The Morgan fingerprint density at radius 1 is 1.35 bits per heavy atom. The minimum atomic E-state index is -0.140. The lowest BCUT2D eigenvalue weighted by Gasteiger charge is -2.02. The van der Waals surface area contributed by atoms with Crippen molar-refractivity contribution in [3.8, 4) is 11.5 Å². The van der Waals surface area contributed by atoms with Gasteiger partial charge in [0.2, 0.25) is 5.91 Å². The predicted molar refractivity (Wildman–Crippen MR) is 72.9 cm³/mol. The molecule has 1 amide bonds. The van der Waals surface area contributed by atoms with E-state index in [0.717, 1.165) is 5.56 Å². The minimum Gasteiger partial charge on any atom is -0.372 e. The van der Waals surface area contributed by atoms with Gasteiger partial charge in [-0.3, -0.25) is 4.79 Å². The fourth-order valence-corrected chi connectivity index (χ4v) is 1.61. The van der Waals surface area contributed by atoms with Crippen LogP contribution in [0.2, 0.25) is 0 Å². The Morgan fingerprint density at radius 3 is 2.90 bits per heavy atom. The molecule has 0 spiro atoms. The SMILES string of the molecule is CCOCC(=O)NCCc1noc(-c2ccccc2)n1. The fourth-order valence-electron chi connectivity index (χ4n) is 1.61. The molecular weight excluding hydrogens is 258 g/mol. The summed E-state index contributed by atoms with van der Waals surface area (Å²) in [5.74, 6) is 0.917. The van der Waals surface area contributed by atoms with Gasteiger partial charge in [0, 0.05) is 25.1 Å². The zero-order chi connectivity index (χ0) is 14.2. The first-order chi connectivity index (χ1) is 9.79. The molecule has 2 aromatic rings. The van der Waals surface area contributed by atoms with Crippen LogP contribution < -0.4 is 5.32 Å². The largest absolute Gasteiger partial charge is 0.372 e. The Morgan fingerprint density at radius 2 is 2.15 bits per heavy atom. The normalized spacial score (nSPS) is 10.4. The molecule has 6 nitrogen and oxygen atoms in total. The van der Waals surface area contributed by atoms with Crippen molar-refractivity contribution in [1.29, 1.82) is 0 Å². The third-order valence-corrected chi connectivity index (χ3v) is 2.60. The van der Waals surface area contributed by atoms with Crippen molar-refractivity contribution in [3.63, 3.8) is 0 Å². The van der Waals surface area contributed by atoms with Crippen molar-refractivity contribution in [3.05, 3.63) is 36.2 Å². The molecule has 2 rings (SSSR count). The van der Waals surface area contributed by atoms with E-state index in [1.807, 2.05) is 37.3 Å². The highest BCUT2D eigenvalue weighted by atomic mass is 16.5. The van der Waals surface area contributed by atoms with E-state index >= 15 is 0 Å². The molecule has 20 heavy (non-hydrogen) atoms. The van der Waals surface area contributed by atoms with Crippen LogP contribution in [0.4, 0.5) is 0 Å². The second kappa shape index (κ2) is 7.40. The first-order valence-corrected chi connectivity index (χ1v) is 6.52. The van der Waals surface area contributed by atoms with Crippen LogP contribution in [-0.4, -0.2) is 35.8 Å². The molecule has 0 saturated heterocycles. The quantitative estimate of drug-likeness (QED) is 0.827. The van der Waals surface area contributed by atoms with Crippen molar-refractivity contribution >= 4 is 5.91 Å². The number of amides is 1. The van der Waals surface area contributed by atoms with Crippen LogP contribution in [0.15, 0.2) is 34.9 Å². The summed E-state index contributed by atoms with van der Waals surface area (Å²) in [4.78, 5) is 15.6. The highest BCUT2D eigenvalue weighted by Gasteiger charge is 2.08. The lowest BCUT2D eigenvalue weighted by Crippen LogP contribution is -2.29. The molecule has 0 bridgehead atoms. The molecule has 0 atom stereocenters. The van der Waals surface area contributed by atoms with Crippen molar-refractivity contribution in [2.75, 3.05) is 19.8 Å². The maximum atomic E-state index is 11.3. The summed E-state index contributed by atoms with van der Waals surface area (Å²) in [6, 6.07) is 9.55. The van der Waals surface area contributed by atoms with Crippen LogP contribution >= 0.6 is 0 Å². The molecule has 0 aliphatic rings.